The van der Waals surface area contributed by atoms with Crippen LogP contribution in [0, 0.1) is 13.8 Å². The number of unbranched alkanes of at least 4 members (excludes halogenated alkanes) is 5. The highest BCUT2D eigenvalue weighted by atomic mass is 35.5. The summed E-state index contributed by atoms with van der Waals surface area (Å²) in [5.74, 6) is 3.06. The minimum Gasteiger partial charge on any atom is -0.157 e. The highest BCUT2D eigenvalue weighted by Crippen LogP contribution is 2.22. The van der Waals surface area contributed by atoms with Crippen molar-refractivity contribution in [3.05, 3.63) is 34.4 Å². The first kappa shape index (κ1) is 17.9. The summed E-state index contributed by atoms with van der Waals surface area (Å²) in [6.07, 6.45) is 8.34. The van der Waals surface area contributed by atoms with Gasteiger partial charge >= 0.3 is 0 Å². The summed E-state index contributed by atoms with van der Waals surface area (Å²) in [5, 5.41) is 0. The van der Waals surface area contributed by atoms with E-state index in [1.165, 1.54) is 66.5 Å². The molecule has 0 aliphatic carbocycles. The van der Waals surface area contributed by atoms with Crippen LogP contribution in [0.1, 0.15) is 67.7 Å². The summed E-state index contributed by atoms with van der Waals surface area (Å²) in [6.45, 7) is 6.64. The van der Waals surface area contributed by atoms with E-state index in [1.54, 1.807) is 0 Å². The lowest BCUT2D eigenvalue weighted by atomic mass is 10.0. The Labute approximate surface area is 134 Å². The van der Waals surface area contributed by atoms with Crippen LogP contribution in [0.4, 0.5) is 0 Å². The highest BCUT2D eigenvalue weighted by molar-refractivity contribution is 7.98. The van der Waals surface area contributed by atoms with Crippen molar-refractivity contribution >= 4 is 23.4 Å². The quantitative estimate of drug-likeness (QED) is 0.345. The number of hydrogen-bond donors (Lipinski definition) is 0. The van der Waals surface area contributed by atoms with Crippen LogP contribution in [0.5, 0.6) is 0 Å². The largest absolute Gasteiger partial charge is 0.157 e. The molecule has 0 atom stereocenters. The van der Waals surface area contributed by atoms with Crippen LogP contribution in [0.15, 0.2) is 12.1 Å². The second kappa shape index (κ2) is 10.6. The van der Waals surface area contributed by atoms with Crippen molar-refractivity contribution in [3.8, 4) is 0 Å². The van der Waals surface area contributed by atoms with E-state index in [4.69, 9.17) is 11.6 Å². The Morgan fingerprint density at radius 1 is 0.900 bits per heavy atom. The summed E-state index contributed by atoms with van der Waals surface area (Å²) < 4.78 is 0. The first-order valence-corrected chi connectivity index (χ1v) is 9.60. The molecule has 2 heteroatoms. The van der Waals surface area contributed by atoms with Crippen LogP contribution >= 0.6 is 23.4 Å². The van der Waals surface area contributed by atoms with Crippen molar-refractivity contribution in [3.63, 3.8) is 0 Å². The molecule has 0 bridgehead atoms. The van der Waals surface area contributed by atoms with Crippen molar-refractivity contribution in [2.24, 2.45) is 0 Å². The molecule has 0 aliphatic rings. The zero-order valence-electron chi connectivity index (χ0n) is 13.3. The summed E-state index contributed by atoms with van der Waals surface area (Å²) in [4.78, 5) is 0. The lowest BCUT2D eigenvalue weighted by Crippen LogP contribution is -1.94. The van der Waals surface area contributed by atoms with Crippen molar-refractivity contribution < 1.29 is 0 Å². The lowest BCUT2D eigenvalue weighted by molar-refractivity contribution is 0.627. The van der Waals surface area contributed by atoms with Gasteiger partial charge in [0.15, 0.2) is 0 Å². The normalized spacial score (nSPS) is 11.0. The number of benzene rings is 1. The second-order valence-electron chi connectivity index (χ2n) is 5.66. The molecule has 0 fully saturated rings. The predicted molar refractivity (Wildman–Crippen MR) is 95.0 cm³/mol. The maximum absolute atomic E-state index is 5.95. The first-order valence-electron chi connectivity index (χ1n) is 7.91. The maximum atomic E-state index is 5.95. The van der Waals surface area contributed by atoms with Crippen LogP contribution in [-0.4, -0.2) is 5.75 Å². The molecule has 1 aromatic rings. The zero-order valence-corrected chi connectivity index (χ0v) is 14.9. The van der Waals surface area contributed by atoms with Crippen molar-refractivity contribution in [2.75, 3.05) is 5.75 Å². The SMILES string of the molecule is CCCCCCCCSCc1cc(C)c(CCl)cc1C. The van der Waals surface area contributed by atoms with E-state index < -0.39 is 0 Å². The van der Waals surface area contributed by atoms with Gasteiger partial charge in [0, 0.05) is 11.6 Å². The Morgan fingerprint density at radius 2 is 1.50 bits per heavy atom. The van der Waals surface area contributed by atoms with Gasteiger partial charge in [-0.15, -0.1) is 11.6 Å². The molecule has 0 saturated heterocycles. The van der Waals surface area contributed by atoms with E-state index in [1.807, 2.05) is 0 Å². The molecule has 1 rings (SSSR count). The Morgan fingerprint density at radius 3 is 2.20 bits per heavy atom. The fourth-order valence-corrected chi connectivity index (χ4v) is 3.77. The van der Waals surface area contributed by atoms with E-state index in [-0.39, 0.29) is 0 Å². The van der Waals surface area contributed by atoms with Gasteiger partial charge < -0.3 is 0 Å². The van der Waals surface area contributed by atoms with Gasteiger partial charge in [-0.3, -0.25) is 0 Å². The molecule has 0 unspecified atom stereocenters. The first-order chi connectivity index (χ1) is 9.69. The Bertz CT molecular complexity index is 387. The predicted octanol–water partition coefficient (Wildman–Crippen LogP) is 6.64. The second-order valence-corrected chi connectivity index (χ2v) is 7.03. The summed E-state index contributed by atoms with van der Waals surface area (Å²) >= 11 is 8.02. The van der Waals surface area contributed by atoms with Crippen LogP contribution in [-0.2, 0) is 11.6 Å². The number of aryl methyl sites for hydroxylation is 2. The number of thioether (sulfide) groups is 1. The van der Waals surface area contributed by atoms with Crippen LogP contribution in [0.2, 0.25) is 0 Å². The van der Waals surface area contributed by atoms with Gasteiger partial charge in [-0.1, -0.05) is 51.2 Å². The smallest absolute Gasteiger partial charge is 0.0476 e. The Balaban J connectivity index is 2.23. The van der Waals surface area contributed by atoms with Gasteiger partial charge in [0.1, 0.15) is 0 Å². The standard InChI is InChI=1S/C18H29ClS/c1-4-5-6-7-8-9-10-20-14-18-12-15(2)17(13-19)11-16(18)3/h11-12H,4-10,13-14H2,1-3H3. The minimum absolute atomic E-state index is 0.623. The van der Waals surface area contributed by atoms with Crippen LogP contribution in [0.25, 0.3) is 0 Å². The molecule has 0 N–H and O–H groups in total. The van der Waals surface area contributed by atoms with E-state index >= 15 is 0 Å². The van der Waals surface area contributed by atoms with E-state index in [0.29, 0.717) is 5.88 Å². The van der Waals surface area contributed by atoms with Gasteiger partial charge in [-0.2, -0.15) is 11.8 Å². The third-order valence-corrected chi connectivity index (χ3v) is 5.22. The van der Waals surface area contributed by atoms with Gasteiger partial charge in [-0.05, 0) is 48.3 Å². The average molecular weight is 313 g/mol. The fourth-order valence-electron chi connectivity index (χ4n) is 2.40. The van der Waals surface area contributed by atoms with E-state index in [0.717, 1.165) is 5.75 Å². The highest BCUT2D eigenvalue weighted by Gasteiger charge is 2.04. The Hall–Kier alpha value is -0.140. The van der Waals surface area contributed by atoms with Crippen LogP contribution < -0.4 is 0 Å². The molecule has 20 heavy (non-hydrogen) atoms. The average Bonchev–Trinajstić information content (AvgIpc) is 2.44. The number of rotatable bonds is 10. The maximum Gasteiger partial charge on any atom is 0.0476 e. The minimum atomic E-state index is 0.623. The molecule has 0 saturated carbocycles. The van der Waals surface area contributed by atoms with Crippen molar-refractivity contribution in [2.45, 2.75) is 70.9 Å². The van der Waals surface area contributed by atoms with Crippen molar-refractivity contribution in [1.82, 2.24) is 0 Å². The lowest BCUT2D eigenvalue weighted by Gasteiger charge is -2.10. The van der Waals surface area contributed by atoms with Gasteiger partial charge in [0.25, 0.3) is 0 Å². The molecule has 0 aromatic heterocycles. The van der Waals surface area contributed by atoms with E-state index in [2.05, 4.69) is 44.7 Å². The van der Waals surface area contributed by atoms with E-state index in [9.17, 15) is 0 Å². The third-order valence-electron chi connectivity index (χ3n) is 3.84. The molecule has 0 heterocycles. The fraction of sp³-hybridized carbons (Fsp3) is 0.667. The molecule has 0 spiro atoms. The van der Waals surface area contributed by atoms with Gasteiger partial charge in [-0.25, -0.2) is 0 Å². The zero-order chi connectivity index (χ0) is 14.8. The summed E-state index contributed by atoms with van der Waals surface area (Å²) in [6, 6.07) is 4.57. The molecule has 0 amide bonds. The monoisotopic (exact) mass is 312 g/mol. The number of halogens is 1. The molecule has 0 aliphatic heterocycles. The molecular formula is C18H29ClS. The van der Waals surface area contributed by atoms with Gasteiger partial charge in [0.05, 0.1) is 0 Å². The number of hydrogen-bond acceptors (Lipinski definition) is 1. The Kier molecular flexibility index (Phi) is 9.46. The number of alkyl halides is 1. The summed E-state index contributed by atoms with van der Waals surface area (Å²) in [5.41, 5.74) is 5.48. The van der Waals surface area contributed by atoms with Crippen molar-refractivity contribution in [1.29, 1.82) is 0 Å². The van der Waals surface area contributed by atoms with Gasteiger partial charge in [0.2, 0.25) is 0 Å². The topological polar surface area (TPSA) is 0 Å². The van der Waals surface area contributed by atoms with Crippen LogP contribution in [0.3, 0.4) is 0 Å². The molecule has 1 aromatic carbocycles. The molecular weight excluding hydrogens is 284 g/mol. The third kappa shape index (κ3) is 6.54. The molecule has 0 radical (unpaired) electrons. The molecule has 114 valence electrons. The summed E-state index contributed by atoms with van der Waals surface area (Å²) in [7, 11) is 0. The molecule has 0 nitrogen and oxygen atoms in total.